The van der Waals surface area contributed by atoms with Crippen molar-refractivity contribution in [1.82, 2.24) is 4.90 Å². The van der Waals surface area contributed by atoms with Crippen LogP contribution in [0.25, 0.3) is 5.57 Å². The van der Waals surface area contributed by atoms with Crippen LogP contribution in [0.15, 0.2) is 24.3 Å². The number of nitrogens with zero attached hydrogens (tertiary/aromatic N) is 2. The van der Waals surface area contributed by atoms with E-state index in [1.807, 2.05) is 33.8 Å². The van der Waals surface area contributed by atoms with E-state index in [1.54, 1.807) is 11.0 Å². The molecule has 24 heavy (non-hydrogen) atoms. The Labute approximate surface area is 140 Å². The monoisotopic (exact) mass is 334 g/mol. The average Bonchev–Trinajstić information content (AvgIpc) is 2.44. The Bertz CT molecular complexity index is 691. The van der Waals surface area contributed by atoms with Gasteiger partial charge in [0, 0.05) is 18.7 Å². The summed E-state index contributed by atoms with van der Waals surface area (Å²) in [5.74, 6) is -0.361. The number of amides is 1. The number of benzene rings is 1. The minimum atomic E-state index is -0.624. The zero-order valence-electron chi connectivity index (χ0n) is 14.3. The number of hydrogen-bond acceptors (Lipinski definition) is 5. The Hall–Kier alpha value is -2.57. The van der Waals surface area contributed by atoms with Gasteiger partial charge in [-0.1, -0.05) is 6.08 Å². The second-order valence-corrected chi connectivity index (χ2v) is 6.88. The van der Waals surface area contributed by atoms with Gasteiger partial charge in [0.25, 0.3) is 0 Å². The number of carbonyl (C=O) groups is 1. The molecule has 1 amide bonds. The summed E-state index contributed by atoms with van der Waals surface area (Å²) in [7, 11) is 0. The standard InChI is InChI=1S/C17H22N2O5/c1-11-9-13(7-8-18(11)16(21)24-17(2,3)4)12-5-6-14(19(22)23)15(20)10-12/h5-7,10-11,20H,8-9H2,1-4H3/t11-/m0/s1. The second kappa shape index (κ2) is 6.51. The van der Waals surface area contributed by atoms with E-state index in [1.165, 1.54) is 12.1 Å². The predicted octanol–water partition coefficient (Wildman–Crippen LogP) is 3.71. The molecule has 1 aromatic carbocycles. The molecule has 1 aliphatic heterocycles. The second-order valence-electron chi connectivity index (χ2n) is 6.88. The molecule has 0 aromatic heterocycles. The van der Waals surface area contributed by atoms with Crippen molar-refractivity contribution in [3.05, 3.63) is 40.0 Å². The maximum Gasteiger partial charge on any atom is 0.410 e. The Kier molecular flexibility index (Phi) is 4.82. The van der Waals surface area contributed by atoms with Crippen molar-refractivity contribution in [1.29, 1.82) is 0 Å². The fourth-order valence-electron chi connectivity index (χ4n) is 2.59. The topological polar surface area (TPSA) is 92.9 Å². The molecule has 7 heteroatoms. The fraction of sp³-hybridized carbons (Fsp3) is 0.471. The zero-order valence-corrected chi connectivity index (χ0v) is 14.3. The predicted molar refractivity (Wildman–Crippen MR) is 89.8 cm³/mol. The summed E-state index contributed by atoms with van der Waals surface area (Å²) in [5, 5.41) is 20.5. The third-order valence-electron chi connectivity index (χ3n) is 3.75. The largest absolute Gasteiger partial charge is 0.502 e. The highest BCUT2D eigenvalue weighted by molar-refractivity contribution is 5.74. The molecule has 0 bridgehead atoms. The molecule has 7 nitrogen and oxygen atoms in total. The number of aromatic hydroxyl groups is 1. The van der Waals surface area contributed by atoms with Crippen LogP contribution in [0.1, 0.15) is 39.7 Å². The van der Waals surface area contributed by atoms with Gasteiger partial charge in [-0.2, -0.15) is 0 Å². The Balaban J connectivity index is 2.17. The van der Waals surface area contributed by atoms with E-state index in [0.717, 1.165) is 5.57 Å². The van der Waals surface area contributed by atoms with E-state index in [4.69, 9.17) is 4.74 Å². The number of nitro benzene ring substituents is 1. The number of phenols is 1. The molecular formula is C17H22N2O5. The Morgan fingerprint density at radius 2 is 2.08 bits per heavy atom. The van der Waals surface area contributed by atoms with Crippen LogP contribution in [0.3, 0.4) is 0 Å². The summed E-state index contributed by atoms with van der Waals surface area (Å²) >= 11 is 0. The minimum absolute atomic E-state index is 0.0721. The molecule has 2 rings (SSSR count). The highest BCUT2D eigenvalue weighted by Gasteiger charge is 2.29. The summed E-state index contributed by atoms with van der Waals surface area (Å²) in [5.41, 5.74) is 0.783. The van der Waals surface area contributed by atoms with E-state index < -0.39 is 10.5 Å². The first-order valence-corrected chi connectivity index (χ1v) is 7.75. The molecule has 1 heterocycles. The molecule has 0 spiro atoms. The summed E-state index contributed by atoms with van der Waals surface area (Å²) in [4.78, 5) is 24.0. The molecule has 1 aliphatic rings. The van der Waals surface area contributed by atoms with Crippen molar-refractivity contribution in [3.63, 3.8) is 0 Å². The molecule has 0 fully saturated rings. The first kappa shape index (κ1) is 17.8. The number of nitro groups is 1. The lowest BCUT2D eigenvalue weighted by Crippen LogP contribution is -2.44. The van der Waals surface area contributed by atoms with Gasteiger partial charge in [0.15, 0.2) is 5.75 Å². The summed E-state index contributed by atoms with van der Waals surface area (Å²) in [6, 6.07) is 4.22. The lowest BCUT2D eigenvalue weighted by molar-refractivity contribution is -0.385. The molecule has 0 saturated carbocycles. The molecule has 0 unspecified atom stereocenters. The third kappa shape index (κ3) is 4.04. The third-order valence-corrected chi connectivity index (χ3v) is 3.75. The SMILES string of the molecule is C[C@H]1CC(c2ccc([N+](=O)[O-])c(O)c2)=CCN1C(=O)OC(C)(C)C. The van der Waals surface area contributed by atoms with Gasteiger partial charge in [-0.15, -0.1) is 0 Å². The molecule has 130 valence electrons. The highest BCUT2D eigenvalue weighted by atomic mass is 16.6. The van der Waals surface area contributed by atoms with E-state index in [-0.39, 0.29) is 23.6 Å². The summed E-state index contributed by atoms with van der Waals surface area (Å²) in [6.07, 6.45) is 2.10. The van der Waals surface area contributed by atoms with Gasteiger partial charge in [0.05, 0.1) is 4.92 Å². The lowest BCUT2D eigenvalue weighted by Gasteiger charge is -2.34. The molecule has 1 atom stereocenters. The van der Waals surface area contributed by atoms with Crippen molar-refractivity contribution >= 4 is 17.4 Å². The Morgan fingerprint density at radius 1 is 1.42 bits per heavy atom. The van der Waals surface area contributed by atoms with Crippen LogP contribution in [-0.4, -0.2) is 39.2 Å². The fourth-order valence-corrected chi connectivity index (χ4v) is 2.59. The van der Waals surface area contributed by atoms with Gasteiger partial charge in [-0.25, -0.2) is 4.79 Å². The van der Waals surface area contributed by atoms with Crippen molar-refractivity contribution in [2.24, 2.45) is 0 Å². The van der Waals surface area contributed by atoms with Gasteiger partial charge in [-0.05, 0) is 57.4 Å². The van der Waals surface area contributed by atoms with Crippen LogP contribution in [-0.2, 0) is 4.74 Å². The smallest absolute Gasteiger partial charge is 0.410 e. The highest BCUT2D eigenvalue weighted by Crippen LogP contribution is 2.33. The van der Waals surface area contributed by atoms with E-state index >= 15 is 0 Å². The number of ether oxygens (including phenoxy) is 1. The van der Waals surface area contributed by atoms with Crippen LogP contribution in [0.2, 0.25) is 0 Å². The molecule has 0 saturated heterocycles. The van der Waals surface area contributed by atoms with Crippen LogP contribution in [0.4, 0.5) is 10.5 Å². The maximum atomic E-state index is 12.2. The zero-order chi connectivity index (χ0) is 18.1. The lowest BCUT2D eigenvalue weighted by atomic mass is 9.94. The van der Waals surface area contributed by atoms with Crippen molar-refractivity contribution < 1.29 is 19.6 Å². The van der Waals surface area contributed by atoms with Crippen LogP contribution in [0.5, 0.6) is 5.75 Å². The molecular weight excluding hydrogens is 312 g/mol. The van der Waals surface area contributed by atoms with E-state index in [9.17, 15) is 20.0 Å². The first-order chi connectivity index (χ1) is 11.1. The summed E-state index contributed by atoms with van der Waals surface area (Å²) < 4.78 is 5.39. The number of hydrogen-bond donors (Lipinski definition) is 1. The molecule has 1 aromatic rings. The van der Waals surface area contributed by atoms with Crippen LogP contribution in [0, 0.1) is 10.1 Å². The number of phenolic OH excluding ortho intramolecular Hbond substituents is 1. The Morgan fingerprint density at radius 3 is 2.58 bits per heavy atom. The van der Waals surface area contributed by atoms with Gasteiger partial charge in [-0.3, -0.25) is 10.1 Å². The van der Waals surface area contributed by atoms with Crippen molar-refractivity contribution in [2.75, 3.05) is 6.54 Å². The quantitative estimate of drug-likeness (QED) is 0.657. The van der Waals surface area contributed by atoms with E-state index in [0.29, 0.717) is 18.5 Å². The summed E-state index contributed by atoms with van der Waals surface area (Å²) in [6.45, 7) is 7.77. The van der Waals surface area contributed by atoms with Gasteiger partial charge >= 0.3 is 11.8 Å². The number of carbonyl (C=O) groups excluding carboxylic acids is 1. The average molecular weight is 334 g/mol. The molecule has 0 aliphatic carbocycles. The van der Waals surface area contributed by atoms with Crippen molar-refractivity contribution in [2.45, 2.75) is 45.8 Å². The van der Waals surface area contributed by atoms with Gasteiger partial charge in [0.2, 0.25) is 0 Å². The normalized spacial score (nSPS) is 18.1. The number of rotatable bonds is 2. The van der Waals surface area contributed by atoms with Gasteiger partial charge < -0.3 is 14.7 Å². The minimum Gasteiger partial charge on any atom is -0.502 e. The van der Waals surface area contributed by atoms with Crippen molar-refractivity contribution in [3.8, 4) is 5.75 Å². The van der Waals surface area contributed by atoms with E-state index in [2.05, 4.69) is 0 Å². The van der Waals surface area contributed by atoms with Crippen LogP contribution >= 0.6 is 0 Å². The molecule has 0 radical (unpaired) electrons. The molecule has 1 N–H and O–H groups in total. The van der Waals surface area contributed by atoms with Gasteiger partial charge in [0.1, 0.15) is 5.60 Å². The maximum absolute atomic E-state index is 12.2. The van der Waals surface area contributed by atoms with Crippen LogP contribution < -0.4 is 0 Å². The first-order valence-electron chi connectivity index (χ1n) is 7.75.